The molecule has 0 aliphatic carbocycles. The first-order valence-corrected chi connectivity index (χ1v) is 9.56. The summed E-state index contributed by atoms with van der Waals surface area (Å²) in [5, 5.41) is 6.23. The minimum Gasteiger partial charge on any atom is -0.354 e. The van der Waals surface area contributed by atoms with Gasteiger partial charge in [0.05, 0.1) is 12.3 Å². The molecule has 1 fully saturated rings. The van der Waals surface area contributed by atoms with Crippen LogP contribution in [0.4, 0.5) is 0 Å². The van der Waals surface area contributed by atoms with E-state index in [0.717, 1.165) is 12.8 Å². The molecule has 0 aromatic heterocycles. The number of hydrogen-bond acceptors (Lipinski definition) is 4. The molecular formula is C14H30IN5O3S. The molecule has 8 nitrogen and oxygen atoms in total. The number of carbonyl (C=O) groups is 1. The van der Waals surface area contributed by atoms with E-state index in [1.54, 1.807) is 25.4 Å². The molecule has 1 amide bonds. The van der Waals surface area contributed by atoms with Crippen LogP contribution in [0.5, 0.6) is 0 Å². The van der Waals surface area contributed by atoms with Crippen molar-refractivity contribution in [1.82, 2.24) is 19.8 Å². The maximum absolute atomic E-state index is 12.0. The second kappa shape index (κ2) is 11.1. The molecule has 0 atom stereocenters. The lowest BCUT2D eigenvalue weighted by Gasteiger charge is -2.32. The van der Waals surface area contributed by atoms with Gasteiger partial charge in [0.25, 0.3) is 0 Å². The SMILES string of the molecule is CCCS(=O)(=O)N1CCC(NC(=NC)NCC(=O)N(C)C)CC1.I. The summed E-state index contributed by atoms with van der Waals surface area (Å²) >= 11 is 0. The molecule has 24 heavy (non-hydrogen) atoms. The van der Waals surface area contributed by atoms with Gasteiger partial charge in [0.15, 0.2) is 5.96 Å². The number of halogens is 1. The number of carbonyl (C=O) groups excluding carboxylic acids is 1. The van der Waals surface area contributed by atoms with Crippen molar-refractivity contribution < 1.29 is 13.2 Å². The van der Waals surface area contributed by atoms with Crippen LogP contribution in [-0.2, 0) is 14.8 Å². The van der Waals surface area contributed by atoms with Gasteiger partial charge in [-0.3, -0.25) is 9.79 Å². The molecule has 0 saturated carbocycles. The molecule has 2 N–H and O–H groups in total. The number of rotatable bonds is 6. The minimum atomic E-state index is -3.11. The number of sulfonamides is 1. The minimum absolute atomic E-state index is 0. The zero-order chi connectivity index (χ0) is 17.5. The topological polar surface area (TPSA) is 94.1 Å². The molecule has 1 rings (SSSR count). The van der Waals surface area contributed by atoms with Crippen LogP contribution < -0.4 is 10.6 Å². The van der Waals surface area contributed by atoms with Gasteiger partial charge in [0, 0.05) is 40.3 Å². The van der Waals surface area contributed by atoms with E-state index in [1.165, 1.54) is 4.90 Å². The van der Waals surface area contributed by atoms with E-state index in [-0.39, 0.29) is 48.2 Å². The van der Waals surface area contributed by atoms with Crippen LogP contribution in [0.2, 0.25) is 0 Å². The van der Waals surface area contributed by atoms with E-state index in [0.29, 0.717) is 25.5 Å². The smallest absolute Gasteiger partial charge is 0.241 e. The normalized spacial score (nSPS) is 17.1. The summed E-state index contributed by atoms with van der Waals surface area (Å²) in [7, 11) is 1.94. The van der Waals surface area contributed by atoms with Gasteiger partial charge in [-0.25, -0.2) is 12.7 Å². The first kappa shape index (κ1) is 23.4. The maximum Gasteiger partial charge on any atom is 0.241 e. The Bertz CT molecular complexity index is 517. The number of nitrogens with one attached hydrogen (secondary N) is 2. The van der Waals surface area contributed by atoms with Gasteiger partial charge >= 0.3 is 0 Å². The summed E-state index contributed by atoms with van der Waals surface area (Å²) in [6.07, 6.45) is 2.09. The fraction of sp³-hybridized carbons (Fsp3) is 0.857. The third-order valence-corrected chi connectivity index (χ3v) is 5.86. The highest BCUT2D eigenvalue weighted by molar-refractivity contribution is 14.0. The van der Waals surface area contributed by atoms with Gasteiger partial charge in [0.1, 0.15) is 0 Å². The Kier molecular flexibility index (Phi) is 10.8. The van der Waals surface area contributed by atoms with Crippen molar-refractivity contribution in [3.63, 3.8) is 0 Å². The number of likely N-dealkylation sites (N-methyl/N-ethyl adjacent to an activating group) is 1. The average Bonchev–Trinajstić information content (AvgIpc) is 2.51. The van der Waals surface area contributed by atoms with Crippen LogP contribution in [0, 0.1) is 0 Å². The maximum atomic E-state index is 12.0. The molecule has 0 aromatic carbocycles. The van der Waals surface area contributed by atoms with E-state index in [1.807, 2.05) is 6.92 Å². The van der Waals surface area contributed by atoms with Gasteiger partial charge < -0.3 is 15.5 Å². The summed E-state index contributed by atoms with van der Waals surface area (Å²) in [5.74, 6) is 0.740. The van der Waals surface area contributed by atoms with Gasteiger partial charge in [-0.2, -0.15) is 0 Å². The lowest BCUT2D eigenvalue weighted by molar-refractivity contribution is -0.127. The molecule has 142 valence electrons. The lowest BCUT2D eigenvalue weighted by Crippen LogP contribution is -2.51. The van der Waals surface area contributed by atoms with E-state index in [9.17, 15) is 13.2 Å². The van der Waals surface area contributed by atoms with E-state index in [4.69, 9.17) is 0 Å². The third kappa shape index (κ3) is 7.51. The highest BCUT2D eigenvalue weighted by Crippen LogP contribution is 2.15. The summed E-state index contributed by atoms with van der Waals surface area (Å²) in [6.45, 7) is 3.09. The second-order valence-corrected chi connectivity index (χ2v) is 7.94. The molecule has 0 bridgehead atoms. The number of aliphatic imine (C=N–C) groups is 1. The highest BCUT2D eigenvalue weighted by atomic mass is 127. The quantitative estimate of drug-likeness (QED) is 0.322. The van der Waals surface area contributed by atoms with Crippen molar-refractivity contribution in [2.75, 3.05) is 46.5 Å². The zero-order valence-corrected chi connectivity index (χ0v) is 18.1. The molecule has 0 spiro atoms. The Hall–Kier alpha value is -0.620. The highest BCUT2D eigenvalue weighted by Gasteiger charge is 2.27. The Labute approximate surface area is 162 Å². The Morgan fingerprint density at radius 2 is 1.88 bits per heavy atom. The third-order valence-electron chi connectivity index (χ3n) is 3.78. The zero-order valence-electron chi connectivity index (χ0n) is 14.9. The molecular weight excluding hydrogens is 445 g/mol. The number of piperidine rings is 1. The Morgan fingerprint density at radius 3 is 2.33 bits per heavy atom. The molecule has 1 aliphatic rings. The van der Waals surface area contributed by atoms with Crippen molar-refractivity contribution in [3.8, 4) is 0 Å². The summed E-state index contributed by atoms with van der Waals surface area (Å²) in [4.78, 5) is 17.2. The lowest BCUT2D eigenvalue weighted by atomic mass is 10.1. The van der Waals surface area contributed by atoms with Crippen LogP contribution in [0.1, 0.15) is 26.2 Å². The van der Waals surface area contributed by atoms with E-state index in [2.05, 4.69) is 15.6 Å². The summed E-state index contributed by atoms with van der Waals surface area (Å²) in [6, 6.07) is 0.156. The fourth-order valence-corrected chi connectivity index (χ4v) is 3.91. The van der Waals surface area contributed by atoms with Crippen molar-refractivity contribution >= 4 is 45.9 Å². The summed E-state index contributed by atoms with van der Waals surface area (Å²) in [5.41, 5.74) is 0. The number of hydrogen-bond donors (Lipinski definition) is 2. The number of nitrogens with zero attached hydrogens (tertiary/aromatic N) is 3. The van der Waals surface area contributed by atoms with Crippen molar-refractivity contribution in [1.29, 1.82) is 0 Å². The predicted molar refractivity (Wildman–Crippen MR) is 107 cm³/mol. The van der Waals surface area contributed by atoms with Crippen LogP contribution in [0.15, 0.2) is 4.99 Å². The molecule has 0 radical (unpaired) electrons. The number of amides is 1. The Balaban J connectivity index is 0.00000529. The Morgan fingerprint density at radius 1 is 1.29 bits per heavy atom. The van der Waals surface area contributed by atoms with Crippen molar-refractivity contribution in [3.05, 3.63) is 0 Å². The molecule has 0 unspecified atom stereocenters. The largest absolute Gasteiger partial charge is 0.354 e. The number of guanidine groups is 1. The van der Waals surface area contributed by atoms with Gasteiger partial charge in [0.2, 0.25) is 15.9 Å². The predicted octanol–water partition coefficient (Wildman–Crippen LogP) is 0.0618. The van der Waals surface area contributed by atoms with Gasteiger partial charge in [-0.05, 0) is 19.3 Å². The molecule has 1 heterocycles. The van der Waals surface area contributed by atoms with Crippen LogP contribution >= 0.6 is 24.0 Å². The summed E-state index contributed by atoms with van der Waals surface area (Å²) < 4.78 is 25.6. The standard InChI is InChI=1S/C14H29N5O3S.HI/c1-5-10-23(21,22)19-8-6-12(7-9-19)17-14(15-2)16-11-13(20)18(3)4;/h12H,5-11H2,1-4H3,(H2,15,16,17);1H. The average molecular weight is 475 g/mol. The van der Waals surface area contributed by atoms with Crippen molar-refractivity contribution in [2.24, 2.45) is 4.99 Å². The molecule has 10 heteroatoms. The molecule has 0 aromatic rings. The van der Waals surface area contributed by atoms with E-state index < -0.39 is 10.0 Å². The van der Waals surface area contributed by atoms with Crippen molar-refractivity contribution in [2.45, 2.75) is 32.2 Å². The first-order valence-electron chi connectivity index (χ1n) is 7.95. The van der Waals surface area contributed by atoms with Gasteiger partial charge in [-0.1, -0.05) is 6.92 Å². The first-order chi connectivity index (χ1) is 10.8. The monoisotopic (exact) mass is 475 g/mol. The van der Waals surface area contributed by atoms with Crippen LogP contribution in [-0.4, -0.2) is 82.1 Å². The van der Waals surface area contributed by atoms with Crippen LogP contribution in [0.25, 0.3) is 0 Å². The molecule has 1 aliphatic heterocycles. The van der Waals surface area contributed by atoms with Crippen LogP contribution in [0.3, 0.4) is 0 Å². The second-order valence-electron chi connectivity index (χ2n) is 5.85. The molecule has 1 saturated heterocycles. The fourth-order valence-electron chi connectivity index (χ4n) is 2.37. The van der Waals surface area contributed by atoms with Gasteiger partial charge in [-0.15, -0.1) is 24.0 Å². The van der Waals surface area contributed by atoms with E-state index >= 15 is 0 Å².